The van der Waals surface area contributed by atoms with Gasteiger partial charge in [-0.3, -0.25) is 0 Å². The Morgan fingerprint density at radius 1 is 1.41 bits per heavy atom. The molecule has 0 aromatic carbocycles. The fraction of sp³-hybridized carbons (Fsp3) is 0.571. The van der Waals surface area contributed by atoms with E-state index in [0.717, 1.165) is 36.6 Å². The van der Waals surface area contributed by atoms with Crippen LogP contribution in [0, 0.1) is 0 Å². The third-order valence-electron chi connectivity index (χ3n) is 4.32. The second kappa shape index (κ2) is 5.13. The summed E-state index contributed by atoms with van der Waals surface area (Å²) in [5, 5.41) is 16.7. The molecule has 1 N–H and O–H groups in total. The average molecular weight is 317 g/mol. The van der Waals surface area contributed by atoms with Gasteiger partial charge in [0.05, 0.1) is 5.39 Å². The molecule has 0 amide bonds. The number of aromatic nitrogens is 5. The maximum atomic E-state index is 4.66. The molecule has 0 aliphatic carbocycles. The highest BCUT2D eigenvalue weighted by Crippen LogP contribution is 2.38. The van der Waals surface area contributed by atoms with Gasteiger partial charge in [0.15, 0.2) is 0 Å². The van der Waals surface area contributed by atoms with E-state index in [4.69, 9.17) is 0 Å². The van der Waals surface area contributed by atoms with E-state index in [1.165, 1.54) is 15.8 Å². The molecule has 0 saturated heterocycles. The molecule has 1 aliphatic heterocycles. The standard InChI is InChI=1S/C14H19N7S/c1-4-8(2)15-12-11-9-5-6-20(3)7-10(9)22-13(11)21-14(16-12)17-18-19-21/h8H,4-7H2,1-3H3,(H,15,16,17,19). The lowest BCUT2D eigenvalue weighted by atomic mass is 10.1. The SMILES string of the molecule is CCC(C)Nc1nc2nnnn2c2sc3c(c12)CCN(C)C3. The van der Waals surface area contributed by atoms with Gasteiger partial charge in [-0.25, -0.2) is 0 Å². The van der Waals surface area contributed by atoms with Crippen molar-refractivity contribution in [2.45, 2.75) is 39.3 Å². The van der Waals surface area contributed by atoms with Crippen molar-refractivity contribution < 1.29 is 0 Å². The Balaban J connectivity index is 1.99. The molecule has 3 aromatic rings. The van der Waals surface area contributed by atoms with Crippen LogP contribution in [-0.4, -0.2) is 49.6 Å². The van der Waals surface area contributed by atoms with Crippen molar-refractivity contribution in [3.8, 4) is 0 Å². The Kier molecular flexibility index (Phi) is 3.23. The second-order valence-electron chi connectivity index (χ2n) is 5.98. The molecule has 0 spiro atoms. The Morgan fingerprint density at radius 2 is 2.27 bits per heavy atom. The number of hydrogen-bond donors (Lipinski definition) is 1. The van der Waals surface area contributed by atoms with Gasteiger partial charge >= 0.3 is 0 Å². The first-order valence-electron chi connectivity index (χ1n) is 7.64. The van der Waals surface area contributed by atoms with E-state index in [0.29, 0.717) is 11.8 Å². The molecule has 7 nitrogen and oxygen atoms in total. The van der Waals surface area contributed by atoms with Gasteiger partial charge in [-0.15, -0.1) is 11.3 Å². The topological polar surface area (TPSA) is 71.2 Å². The largest absolute Gasteiger partial charge is 0.367 e. The van der Waals surface area contributed by atoms with Crippen molar-refractivity contribution in [1.82, 2.24) is 29.9 Å². The van der Waals surface area contributed by atoms with Gasteiger partial charge in [-0.1, -0.05) is 12.0 Å². The Labute approximate surface area is 132 Å². The Bertz CT molecular complexity index is 837. The third kappa shape index (κ3) is 2.05. The molecule has 4 heterocycles. The van der Waals surface area contributed by atoms with Crippen molar-refractivity contribution in [2.75, 3.05) is 18.9 Å². The Hall–Kier alpha value is -1.80. The number of nitrogens with one attached hydrogen (secondary N) is 1. The maximum absolute atomic E-state index is 4.66. The average Bonchev–Trinajstić information content (AvgIpc) is 3.10. The van der Waals surface area contributed by atoms with Crippen LogP contribution in [0.1, 0.15) is 30.7 Å². The fourth-order valence-electron chi connectivity index (χ4n) is 2.89. The van der Waals surface area contributed by atoms with Crippen molar-refractivity contribution in [1.29, 1.82) is 0 Å². The molecular formula is C14H19N7S. The summed E-state index contributed by atoms with van der Waals surface area (Å²) in [7, 11) is 2.16. The predicted molar refractivity (Wildman–Crippen MR) is 87.4 cm³/mol. The molecule has 4 rings (SSSR count). The molecule has 0 saturated carbocycles. The normalized spacial score (nSPS) is 17.0. The van der Waals surface area contributed by atoms with Gasteiger partial charge in [0, 0.05) is 24.0 Å². The lowest BCUT2D eigenvalue weighted by Crippen LogP contribution is -2.25. The zero-order valence-electron chi connectivity index (χ0n) is 13.0. The minimum atomic E-state index is 0.371. The summed E-state index contributed by atoms with van der Waals surface area (Å²) in [6.45, 7) is 6.41. The summed E-state index contributed by atoms with van der Waals surface area (Å²) in [5.74, 6) is 1.49. The van der Waals surface area contributed by atoms with Crippen molar-refractivity contribution in [2.24, 2.45) is 0 Å². The van der Waals surface area contributed by atoms with Crippen molar-refractivity contribution in [3.05, 3.63) is 10.4 Å². The van der Waals surface area contributed by atoms with Crippen LogP contribution in [0.4, 0.5) is 5.82 Å². The quantitative estimate of drug-likeness (QED) is 0.796. The Morgan fingerprint density at radius 3 is 3.09 bits per heavy atom. The number of thiophene rings is 1. The van der Waals surface area contributed by atoms with E-state index in [-0.39, 0.29) is 0 Å². The van der Waals surface area contributed by atoms with Crippen LogP contribution in [-0.2, 0) is 13.0 Å². The van der Waals surface area contributed by atoms with Gasteiger partial charge in [0.1, 0.15) is 10.6 Å². The highest BCUT2D eigenvalue weighted by atomic mass is 32.1. The van der Waals surface area contributed by atoms with Crippen LogP contribution in [0.15, 0.2) is 0 Å². The monoisotopic (exact) mass is 317 g/mol. The van der Waals surface area contributed by atoms with Gasteiger partial charge in [0.25, 0.3) is 5.78 Å². The van der Waals surface area contributed by atoms with Crippen LogP contribution in [0.3, 0.4) is 0 Å². The van der Waals surface area contributed by atoms with Gasteiger partial charge in [-0.2, -0.15) is 9.50 Å². The first-order valence-corrected chi connectivity index (χ1v) is 8.46. The molecule has 8 heteroatoms. The number of anilines is 1. The van der Waals surface area contributed by atoms with Gasteiger partial charge < -0.3 is 10.2 Å². The number of tetrazole rings is 1. The van der Waals surface area contributed by atoms with E-state index >= 15 is 0 Å². The lowest BCUT2D eigenvalue weighted by molar-refractivity contribution is 0.318. The first-order chi connectivity index (χ1) is 10.7. The smallest absolute Gasteiger partial charge is 0.276 e. The number of rotatable bonds is 3. The van der Waals surface area contributed by atoms with Gasteiger partial charge in [0.2, 0.25) is 0 Å². The van der Waals surface area contributed by atoms with E-state index in [1.807, 2.05) is 0 Å². The minimum Gasteiger partial charge on any atom is -0.367 e. The van der Waals surface area contributed by atoms with Crippen LogP contribution in [0.25, 0.3) is 16.0 Å². The fourth-order valence-corrected chi connectivity index (χ4v) is 4.26. The van der Waals surface area contributed by atoms with E-state index in [1.54, 1.807) is 15.9 Å². The van der Waals surface area contributed by atoms with Crippen LogP contribution < -0.4 is 5.32 Å². The summed E-state index contributed by atoms with van der Waals surface area (Å²) in [5.41, 5.74) is 1.41. The second-order valence-corrected chi connectivity index (χ2v) is 7.06. The highest BCUT2D eigenvalue weighted by molar-refractivity contribution is 7.19. The summed E-state index contributed by atoms with van der Waals surface area (Å²) >= 11 is 1.79. The van der Waals surface area contributed by atoms with Crippen molar-refractivity contribution >= 4 is 33.1 Å². The summed E-state index contributed by atoms with van der Waals surface area (Å²) in [6.07, 6.45) is 2.10. The summed E-state index contributed by atoms with van der Waals surface area (Å²) in [6, 6.07) is 0.371. The third-order valence-corrected chi connectivity index (χ3v) is 5.51. The van der Waals surface area contributed by atoms with E-state index in [9.17, 15) is 0 Å². The zero-order valence-corrected chi connectivity index (χ0v) is 13.8. The van der Waals surface area contributed by atoms with Crippen LogP contribution in [0.5, 0.6) is 0 Å². The first kappa shape index (κ1) is 13.8. The minimum absolute atomic E-state index is 0.371. The molecule has 0 radical (unpaired) electrons. The van der Waals surface area contributed by atoms with E-state index < -0.39 is 0 Å². The summed E-state index contributed by atoms with van der Waals surface area (Å²) < 4.78 is 1.76. The molecule has 3 aromatic heterocycles. The molecule has 0 fully saturated rings. The highest BCUT2D eigenvalue weighted by Gasteiger charge is 2.24. The molecule has 0 bridgehead atoms. The lowest BCUT2D eigenvalue weighted by Gasteiger charge is -2.22. The van der Waals surface area contributed by atoms with Crippen LogP contribution >= 0.6 is 11.3 Å². The summed E-state index contributed by atoms with van der Waals surface area (Å²) in [4.78, 5) is 9.51. The number of nitrogens with zero attached hydrogens (tertiary/aromatic N) is 6. The number of likely N-dealkylation sites (N-methyl/N-ethyl adjacent to an activating group) is 1. The van der Waals surface area contributed by atoms with Crippen molar-refractivity contribution in [3.63, 3.8) is 0 Å². The molecule has 1 atom stereocenters. The molecule has 22 heavy (non-hydrogen) atoms. The molecule has 1 aliphatic rings. The molecular weight excluding hydrogens is 298 g/mol. The predicted octanol–water partition coefficient (Wildman–Crippen LogP) is 1.93. The number of fused-ring (bicyclic) bond motifs is 5. The molecule has 1 unspecified atom stereocenters. The van der Waals surface area contributed by atoms with E-state index in [2.05, 4.69) is 51.6 Å². The maximum Gasteiger partial charge on any atom is 0.276 e. The van der Waals surface area contributed by atoms with Gasteiger partial charge in [-0.05, 0) is 42.8 Å². The number of hydrogen-bond acceptors (Lipinski definition) is 7. The molecule has 116 valence electrons. The zero-order chi connectivity index (χ0) is 15.3. The van der Waals surface area contributed by atoms with Crippen LogP contribution in [0.2, 0.25) is 0 Å².